The Morgan fingerprint density at radius 3 is 2.74 bits per heavy atom. The fourth-order valence-electron chi connectivity index (χ4n) is 3.17. The topological polar surface area (TPSA) is 89.4 Å². The van der Waals surface area contributed by atoms with Crippen molar-refractivity contribution in [2.45, 2.75) is 32.2 Å². The van der Waals surface area contributed by atoms with Gasteiger partial charge in [0.05, 0.1) is 13.0 Å². The molecule has 1 aliphatic heterocycles. The van der Waals surface area contributed by atoms with Gasteiger partial charge < -0.3 is 15.0 Å². The molecule has 27 heavy (non-hydrogen) atoms. The predicted molar refractivity (Wildman–Crippen MR) is 99.7 cm³/mol. The Morgan fingerprint density at radius 1 is 1.30 bits per heavy atom. The van der Waals surface area contributed by atoms with Crippen LogP contribution in [0.2, 0.25) is 0 Å². The Hall–Kier alpha value is -2.74. The first kappa shape index (κ1) is 19.0. The third-order valence-electron chi connectivity index (χ3n) is 4.66. The van der Waals surface area contributed by atoms with Gasteiger partial charge in [0.2, 0.25) is 5.91 Å². The molecule has 0 radical (unpaired) electrons. The summed E-state index contributed by atoms with van der Waals surface area (Å²) in [5.41, 5.74) is 1.34. The third-order valence-corrected chi connectivity index (χ3v) is 4.66. The van der Waals surface area contributed by atoms with E-state index in [-0.39, 0.29) is 17.9 Å². The number of methoxy groups -OCH3 is 1. The number of piperidine rings is 1. The number of aryl methyl sites for hydroxylation is 1. The highest BCUT2D eigenvalue weighted by Crippen LogP contribution is 2.14. The van der Waals surface area contributed by atoms with Crippen LogP contribution in [-0.2, 0) is 9.53 Å². The minimum absolute atomic E-state index is 0.0444. The molecule has 0 atom stereocenters. The van der Waals surface area contributed by atoms with Gasteiger partial charge in [-0.1, -0.05) is 0 Å². The van der Waals surface area contributed by atoms with Gasteiger partial charge in [-0.25, -0.2) is 9.97 Å². The van der Waals surface area contributed by atoms with Crippen LogP contribution >= 0.6 is 0 Å². The SMILES string of the molecule is COCCC(=O)N1CCC(NC(=O)c2cc(C)cc(-n3ccnc3)n2)CC1. The van der Waals surface area contributed by atoms with Crippen molar-refractivity contribution in [2.75, 3.05) is 26.8 Å². The summed E-state index contributed by atoms with van der Waals surface area (Å²) in [6.45, 7) is 3.67. The lowest BCUT2D eigenvalue weighted by atomic mass is 10.0. The van der Waals surface area contributed by atoms with Gasteiger partial charge in [-0.3, -0.25) is 14.2 Å². The lowest BCUT2D eigenvalue weighted by Gasteiger charge is -2.32. The number of imidazole rings is 1. The molecule has 0 saturated carbocycles. The number of likely N-dealkylation sites (tertiary alicyclic amines) is 1. The molecule has 1 fully saturated rings. The molecule has 2 amide bonds. The summed E-state index contributed by atoms with van der Waals surface area (Å²) in [7, 11) is 1.59. The molecule has 2 aromatic heterocycles. The van der Waals surface area contributed by atoms with Crippen molar-refractivity contribution in [1.82, 2.24) is 24.8 Å². The molecular formula is C19H25N5O3. The van der Waals surface area contributed by atoms with Crippen molar-refractivity contribution in [3.63, 3.8) is 0 Å². The van der Waals surface area contributed by atoms with Gasteiger partial charge in [0.25, 0.3) is 5.91 Å². The van der Waals surface area contributed by atoms with E-state index >= 15 is 0 Å². The maximum atomic E-state index is 12.6. The predicted octanol–water partition coefficient (Wildman–Crippen LogP) is 1.33. The lowest BCUT2D eigenvalue weighted by molar-refractivity contribution is -0.133. The first-order valence-corrected chi connectivity index (χ1v) is 9.11. The number of aromatic nitrogens is 3. The molecular weight excluding hydrogens is 346 g/mol. The van der Waals surface area contributed by atoms with Crippen LogP contribution in [-0.4, -0.2) is 64.1 Å². The minimum atomic E-state index is -0.191. The lowest BCUT2D eigenvalue weighted by Crippen LogP contribution is -2.46. The van der Waals surface area contributed by atoms with Gasteiger partial charge in [-0.15, -0.1) is 0 Å². The Labute approximate surface area is 158 Å². The molecule has 3 heterocycles. The Kier molecular flexibility index (Phi) is 6.18. The van der Waals surface area contributed by atoms with Gasteiger partial charge in [0.15, 0.2) is 0 Å². The fourth-order valence-corrected chi connectivity index (χ4v) is 3.17. The summed E-state index contributed by atoms with van der Waals surface area (Å²) in [6, 6.07) is 3.73. The molecule has 8 nitrogen and oxygen atoms in total. The standard InChI is InChI=1S/C19H25N5O3/c1-14-11-16(22-17(12-14)24-9-6-20-13-24)19(26)21-15-3-7-23(8-4-15)18(25)5-10-27-2/h6,9,11-13,15H,3-5,7-8,10H2,1-2H3,(H,21,26). The van der Waals surface area contributed by atoms with Crippen molar-refractivity contribution in [3.05, 3.63) is 42.1 Å². The normalized spacial score (nSPS) is 15.0. The quantitative estimate of drug-likeness (QED) is 0.828. The van der Waals surface area contributed by atoms with Gasteiger partial charge in [0, 0.05) is 38.6 Å². The largest absolute Gasteiger partial charge is 0.384 e. The molecule has 0 aromatic carbocycles. The molecule has 3 rings (SSSR count). The minimum Gasteiger partial charge on any atom is -0.384 e. The van der Waals surface area contributed by atoms with Crippen LogP contribution in [0.4, 0.5) is 0 Å². The zero-order valence-corrected chi connectivity index (χ0v) is 15.7. The number of rotatable bonds is 6. The van der Waals surface area contributed by atoms with E-state index in [4.69, 9.17) is 4.74 Å². The molecule has 0 aliphatic carbocycles. The average Bonchev–Trinajstić information content (AvgIpc) is 3.21. The van der Waals surface area contributed by atoms with E-state index in [0.717, 1.165) is 18.4 Å². The van der Waals surface area contributed by atoms with Crippen molar-refractivity contribution >= 4 is 11.8 Å². The first-order valence-electron chi connectivity index (χ1n) is 9.11. The Balaban J connectivity index is 1.58. The van der Waals surface area contributed by atoms with E-state index in [2.05, 4.69) is 15.3 Å². The van der Waals surface area contributed by atoms with Crippen LogP contribution < -0.4 is 5.32 Å². The summed E-state index contributed by atoms with van der Waals surface area (Å²) in [5.74, 6) is 0.576. The van der Waals surface area contributed by atoms with Gasteiger partial charge in [-0.2, -0.15) is 0 Å². The van der Waals surface area contributed by atoms with Crippen LogP contribution in [0.25, 0.3) is 5.82 Å². The molecule has 144 valence electrons. The van der Waals surface area contributed by atoms with Gasteiger partial charge >= 0.3 is 0 Å². The zero-order valence-electron chi connectivity index (χ0n) is 15.7. The maximum absolute atomic E-state index is 12.6. The van der Waals surface area contributed by atoms with Crippen LogP contribution in [0.1, 0.15) is 35.3 Å². The van der Waals surface area contributed by atoms with Gasteiger partial charge in [-0.05, 0) is 37.5 Å². The molecule has 0 spiro atoms. The number of amides is 2. The van der Waals surface area contributed by atoms with Crippen molar-refractivity contribution < 1.29 is 14.3 Å². The van der Waals surface area contributed by atoms with Crippen molar-refractivity contribution in [1.29, 1.82) is 0 Å². The van der Waals surface area contributed by atoms with Crippen molar-refractivity contribution in [2.24, 2.45) is 0 Å². The molecule has 2 aromatic rings. The van der Waals surface area contributed by atoms with E-state index in [1.165, 1.54) is 0 Å². The van der Waals surface area contributed by atoms with Crippen LogP contribution in [0, 0.1) is 6.92 Å². The smallest absolute Gasteiger partial charge is 0.270 e. The summed E-state index contributed by atoms with van der Waals surface area (Å²) < 4.78 is 6.73. The summed E-state index contributed by atoms with van der Waals surface area (Å²) in [5, 5.41) is 3.05. The number of nitrogens with one attached hydrogen (secondary N) is 1. The summed E-state index contributed by atoms with van der Waals surface area (Å²) in [4.78, 5) is 35.0. The monoisotopic (exact) mass is 371 g/mol. The number of carbonyl (C=O) groups is 2. The molecule has 1 N–H and O–H groups in total. The van der Waals surface area contributed by atoms with Gasteiger partial charge in [0.1, 0.15) is 17.8 Å². The molecule has 8 heteroatoms. The number of pyridine rings is 1. The zero-order chi connectivity index (χ0) is 19.2. The Morgan fingerprint density at radius 2 is 2.07 bits per heavy atom. The molecule has 0 unspecified atom stereocenters. The van der Waals surface area contributed by atoms with Crippen LogP contribution in [0.5, 0.6) is 0 Å². The highest BCUT2D eigenvalue weighted by Gasteiger charge is 2.24. The molecule has 1 saturated heterocycles. The van der Waals surface area contributed by atoms with E-state index < -0.39 is 0 Å². The van der Waals surface area contributed by atoms with E-state index in [1.54, 1.807) is 36.5 Å². The number of carbonyl (C=O) groups excluding carboxylic acids is 2. The first-order chi connectivity index (χ1) is 13.1. The van der Waals surface area contributed by atoms with E-state index in [9.17, 15) is 9.59 Å². The number of hydrogen-bond donors (Lipinski definition) is 1. The van der Waals surface area contributed by atoms with E-state index in [0.29, 0.717) is 37.6 Å². The summed E-state index contributed by atoms with van der Waals surface area (Å²) >= 11 is 0. The highest BCUT2D eigenvalue weighted by atomic mass is 16.5. The van der Waals surface area contributed by atoms with Crippen LogP contribution in [0.15, 0.2) is 30.9 Å². The average molecular weight is 371 g/mol. The molecule has 0 bridgehead atoms. The molecule has 1 aliphatic rings. The second-order valence-electron chi connectivity index (χ2n) is 6.73. The fraction of sp³-hybridized carbons (Fsp3) is 0.474. The summed E-state index contributed by atoms with van der Waals surface area (Å²) in [6.07, 6.45) is 7.00. The third kappa shape index (κ3) is 4.91. The number of nitrogens with zero attached hydrogens (tertiary/aromatic N) is 4. The highest BCUT2D eigenvalue weighted by molar-refractivity contribution is 5.92. The van der Waals surface area contributed by atoms with Crippen molar-refractivity contribution in [3.8, 4) is 5.82 Å². The second kappa shape index (κ2) is 8.77. The number of hydrogen-bond acceptors (Lipinski definition) is 5. The maximum Gasteiger partial charge on any atom is 0.270 e. The Bertz CT molecular complexity index is 783. The number of ether oxygens (including phenoxy) is 1. The second-order valence-corrected chi connectivity index (χ2v) is 6.73. The van der Waals surface area contributed by atoms with E-state index in [1.807, 2.05) is 17.9 Å². The van der Waals surface area contributed by atoms with Crippen LogP contribution in [0.3, 0.4) is 0 Å².